The lowest BCUT2D eigenvalue weighted by molar-refractivity contribution is 0.102. The van der Waals surface area contributed by atoms with Crippen molar-refractivity contribution in [3.63, 3.8) is 0 Å². The van der Waals surface area contributed by atoms with Crippen LogP contribution in [0.3, 0.4) is 0 Å². The van der Waals surface area contributed by atoms with Crippen molar-refractivity contribution in [3.05, 3.63) is 42.0 Å². The molecule has 0 fully saturated rings. The number of hydrogen-bond donors (Lipinski definition) is 1. The maximum absolute atomic E-state index is 12.1. The second-order valence-corrected chi connectivity index (χ2v) is 5.61. The fourth-order valence-electron chi connectivity index (χ4n) is 1.95. The van der Waals surface area contributed by atoms with Crippen LogP contribution in [0.4, 0.5) is 5.13 Å². The SMILES string of the molecule is CCOc1ccc2nc(NC(=O)c3cncc(C)n3)sc2c1. The number of amides is 1. The van der Waals surface area contributed by atoms with E-state index in [1.807, 2.05) is 25.1 Å². The first kappa shape index (κ1) is 14.4. The minimum atomic E-state index is -0.319. The van der Waals surface area contributed by atoms with E-state index in [1.54, 1.807) is 13.1 Å². The van der Waals surface area contributed by atoms with Gasteiger partial charge in [-0.3, -0.25) is 15.1 Å². The fraction of sp³-hybridized carbons (Fsp3) is 0.200. The van der Waals surface area contributed by atoms with Gasteiger partial charge in [-0.1, -0.05) is 11.3 Å². The monoisotopic (exact) mass is 314 g/mol. The molecule has 0 unspecified atom stereocenters. The summed E-state index contributed by atoms with van der Waals surface area (Å²) in [6, 6.07) is 5.65. The smallest absolute Gasteiger partial charge is 0.277 e. The van der Waals surface area contributed by atoms with Gasteiger partial charge in [0.25, 0.3) is 5.91 Å². The van der Waals surface area contributed by atoms with Gasteiger partial charge in [0.1, 0.15) is 11.4 Å². The standard InChI is InChI=1S/C15H14N4O2S/c1-3-21-10-4-5-11-13(6-10)22-15(18-11)19-14(20)12-8-16-7-9(2)17-12/h4-8H,3H2,1-2H3,(H,18,19,20). The number of hydrogen-bond acceptors (Lipinski definition) is 6. The fourth-order valence-corrected chi connectivity index (χ4v) is 2.84. The number of carbonyl (C=O) groups is 1. The summed E-state index contributed by atoms with van der Waals surface area (Å²) in [5.74, 6) is 0.473. The van der Waals surface area contributed by atoms with Gasteiger partial charge in [0.2, 0.25) is 0 Å². The van der Waals surface area contributed by atoms with E-state index < -0.39 is 0 Å². The topological polar surface area (TPSA) is 77.0 Å². The van der Waals surface area contributed by atoms with Crippen molar-refractivity contribution in [2.75, 3.05) is 11.9 Å². The van der Waals surface area contributed by atoms with Crippen molar-refractivity contribution in [1.29, 1.82) is 0 Å². The number of ether oxygens (including phenoxy) is 1. The number of carbonyl (C=O) groups excluding carboxylic acids is 1. The molecule has 7 heteroatoms. The predicted molar refractivity (Wildman–Crippen MR) is 85.5 cm³/mol. The third kappa shape index (κ3) is 3.04. The van der Waals surface area contributed by atoms with Gasteiger partial charge >= 0.3 is 0 Å². The zero-order chi connectivity index (χ0) is 15.5. The van der Waals surface area contributed by atoms with Crippen molar-refractivity contribution < 1.29 is 9.53 Å². The lowest BCUT2D eigenvalue weighted by Crippen LogP contribution is -2.14. The Morgan fingerprint density at radius 1 is 1.32 bits per heavy atom. The van der Waals surface area contributed by atoms with Crippen LogP contribution >= 0.6 is 11.3 Å². The Morgan fingerprint density at radius 3 is 2.95 bits per heavy atom. The van der Waals surface area contributed by atoms with E-state index in [9.17, 15) is 4.79 Å². The molecule has 22 heavy (non-hydrogen) atoms. The number of nitrogens with one attached hydrogen (secondary N) is 1. The first-order valence-electron chi connectivity index (χ1n) is 6.79. The molecule has 6 nitrogen and oxygen atoms in total. The summed E-state index contributed by atoms with van der Waals surface area (Å²) in [4.78, 5) is 24.6. The summed E-state index contributed by atoms with van der Waals surface area (Å²) in [5.41, 5.74) is 1.78. The summed E-state index contributed by atoms with van der Waals surface area (Å²) in [6.45, 7) is 4.34. The summed E-state index contributed by atoms with van der Waals surface area (Å²) in [7, 11) is 0. The van der Waals surface area contributed by atoms with Crippen LogP contribution in [0.5, 0.6) is 5.75 Å². The maximum atomic E-state index is 12.1. The number of aromatic nitrogens is 3. The van der Waals surface area contributed by atoms with Gasteiger partial charge < -0.3 is 4.74 Å². The van der Waals surface area contributed by atoms with Crippen LogP contribution in [0.2, 0.25) is 0 Å². The molecule has 0 aliphatic rings. The highest BCUT2D eigenvalue weighted by Crippen LogP contribution is 2.29. The van der Waals surface area contributed by atoms with Crippen LogP contribution in [0, 0.1) is 6.92 Å². The molecule has 0 radical (unpaired) electrons. The summed E-state index contributed by atoms with van der Waals surface area (Å²) in [6.07, 6.45) is 3.03. The van der Waals surface area contributed by atoms with Crippen LogP contribution in [-0.4, -0.2) is 27.5 Å². The van der Waals surface area contributed by atoms with Gasteiger partial charge in [0.05, 0.1) is 28.7 Å². The Kier molecular flexibility index (Phi) is 3.97. The summed E-state index contributed by atoms with van der Waals surface area (Å²) < 4.78 is 6.42. The van der Waals surface area contributed by atoms with Crippen LogP contribution in [0.15, 0.2) is 30.6 Å². The number of rotatable bonds is 4. The first-order valence-corrected chi connectivity index (χ1v) is 7.60. The van der Waals surface area contributed by atoms with E-state index in [1.165, 1.54) is 17.5 Å². The Balaban J connectivity index is 1.83. The van der Waals surface area contributed by atoms with Crippen molar-refractivity contribution in [2.45, 2.75) is 13.8 Å². The Bertz CT molecular complexity index is 831. The quantitative estimate of drug-likeness (QED) is 0.801. The third-order valence-electron chi connectivity index (χ3n) is 2.88. The highest BCUT2D eigenvalue weighted by molar-refractivity contribution is 7.22. The number of aryl methyl sites for hydroxylation is 1. The predicted octanol–water partition coefficient (Wildman–Crippen LogP) is 3.05. The highest BCUT2D eigenvalue weighted by atomic mass is 32.1. The van der Waals surface area contributed by atoms with Crippen molar-refractivity contribution in [2.24, 2.45) is 0 Å². The highest BCUT2D eigenvalue weighted by Gasteiger charge is 2.12. The Morgan fingerprint density at radius 2 is 2.18 bits per heavy atom. The molecule has 3 aromatic rings. The van der Waals surface area contributed by atoms with Crippen LogP contribution in [-0.2, 0) is 0 Å². The summed E-state index contributed by atoms with van der Waals surface area (Å²) in [5, 5.41) is 3.28. The van der Waals surface area contributed by atoms with Crippen molar-refractivity contribution in [1.82, 2.24) is 15.0 Å². The molecule has 0 spiro atoms. The number of benzene rings is 1. The lowest BCUT2D eigenvalue weighted by atomic mass is 10.3. The maximum Gasteiger partial charge on any atom is 0.277 e. The average molecular weight is 314 g/mol. The van der Waals surface area contributed by atoms with Gasteiger partial charge in [-0.25, -0.2) is 9.97 Å². The van der Waals surface area contributed by atoms with E-state index >= 15 is 0 Å². The van der Waals surface area contributed by atoms with E-state index in [0.29, 0.717) is 17.4 Å². The molecule has 0 aliphatic carbocycles. The van der Waals surface area contributed by atoms with E-state index in [4.69, 9.17) is 4.74 Å². The molecule has 0 saturated heterocycles. The van der Waals surface area contributed by atoms with Gasteiger partial charge in [0, 0.05) is 6.20 Å². The molecule has 2 aromatic heterocycles. The number of thiazole rings is 1. The Labute approximate surface area is 131 Å². The van der Waals surface area contributed by atoms with Crippen molar-refractivity contribution >= 4 is 32.6 Å². The first-order chi connectivity index (χ1) is 10.7. The molecular formula is C15H14N4O2S. The molecule has 0 bridgehead atoms. The van der Waals surface area contributed by atoms with Crippen molar-refractivity contribution in [3.8, 4) is 5.75 Å². The molecule has 1 amide bonds. The molecule has 112 valence electrons. The second-order valence-electron chi connectivity index (χ2n) is 4.58. The Hall–Kier alpha value is -2.54. The van der Waals surface area contributed by atoms with Gasteiger partial charge in [0.15, 0.2) is 5.13 Å². The minimum Gasteiger partial charge on any atom is -0.494 e. The molecule has 2 heterocycles. The molecule has 0 saturated carbocycles. The van der Waals surface area contributed by atoms with Gasteiger partial charge in [-0.2, -0.15) is 0 Å². The average Bonchev–Trinajstić information content (AvgIpc) is 2.89. The van der Waals surface area contributed by atoms with E-state index in [-0.39, 0.29) is 11.6 Å². The van der Waals surface area contributed by atoms with Gasteiger partial charge in [-0.15, -0.1) is 0 Å². The molecule has 1 aromatic carbocycles. The van der Waals surface area contributed by atoms with E-state index in [2.05, 4.69) is 20.3 Å². The molecule has 1 N–H and O–H groups in total. The van der Waals surface area contributed by atoms with Crippen LogP contribution < -0.4 is 10.1 Å². The zero-order valence-electron chi connectivity index (χ0n) is 12.2. The molecular weight excluding hydrogens is 300 g/mol. The molecule has 3 rings (SSSR count). The third-order valence-corrected chi connectivity index (χ3v) is 3.81. The number of fused-ring (bicyclic) bond motifs is 1. The lowest BCUT2D eigenvalue weighted by Gasteiger charge is -2.00. The minimum absolute atomic E-state index is 0.272. The molecule has 0 atom stereocenters. The zero-order valence-corrected chi connectivity index (χ0v) is 13.0. The molecule has 0 aliphatic heterocycles. The summed E-state index contributed by atoms with van der Waals surface area (Å²) >= 11 is 1.39. The van der Waals surface area contributed by atoms with Crippen LogP contribution in [0.25, 0.3) is 10.2 Å². The second kappa shape index (κ2) is 6.07. The normalized spacial score (nSPS) is 10.6. The number of anilines is 1. The van der Waals surface area contributed by atoms with Gasteiger partial charge in [-0.05, 0) is 32.0 Å². The van der Waals surface area contributed by atoms with Crippen LogP contribution in [0.1, 0.15) is 23.1 Å². The number of nitrogens with zero attached hydrogens (tertiary/aromatic N) is 3. The largest absolute Gasteiger partial charge is 0.494 e. The van der Waals surface area contributed by atoms with E-state index in [0.717, 1.165) is 16.0 Å².